The summed E-state index contributed by atoms with van der Waals surface area (Å²) in [6.45, 7) is 0. The Bertz CT molecular complexity index is 637. The smallest absolute Gasteiger partial charge is 0.166 e. The molecule has 0 aliphatic heterocycles. The van der Waals surface area contributed by atoms with Crippen molar-refractivity contribution in [1.29, 1.82) is 0 Å². The SMILES string of the molecule is C#CC1(c2cc(C(F)(F)F)cc(C(F)(F)F)c2)C=CC=CC1. The van der Waals surface area contributed by atoms with Crippen LogP contribution in [0.1, 0.15) is 23.1 Å². The zero-order valence-electron chi connectivity index (χ0n) is 11.1. The van der Waals surface area contributed by atoms with Crippen LogP contribution in [-0.2, 0) is 17.8 Å². The first-order valence-electron chi connectivity index (χ1n) is 6.21. The fraction of sp³-hybridized carbons (Fsp3) is 0.250. The molecule has 1 aromatic rings. The van der Waals surface area contributed by atoms with Gasteiger partial charge in [-0.3, -0.25) is 0 Å². The predicted molar refractivity (Wildman–Crippen MR) is 69.9 cm³/mol. The average molecular weight is 316 g/mol. The number of hydrogen-bond acceptors (Lipinski definition) is 0. The van der Waals surface area contributed by atoms with Crippen LogP contribution in [0.2, 0.25) is 0 Å². The van der Waals surface area contributed by atoms with Gasteiger partial charge >= 0.3 is 12.4 Å². The van der Waals surface area contributed by atoms with Gasteiger partial charge in [-0.05, 0) is 30.2 Å². The maximum Gasteiger partial charge on any atom is 0.416 e. The third kappa shape index (κ3) is 3.03. The zero-order chi connectivity index (χ0) is 16.6. The number of hydrogen-bond donors (Lipinski definition) is 0. The maximum atomic E-state index is 12.9. The van der Waals surface area contributed by atoms with Gasteiger partial charge in [0.15, 0.2) is 0 Å². The minimum atomic E-state index is -4.89. The molecule has 6 heteroatoms. The molecule has 116 valence electrons. The van der Waals surface area contributed by atoms with Gasteiger partial charge in [0.05, 0.1) is 16.5 Å². The molecule has 0 aromatic heterocycles. The number of rotatable bonds is 1. The van der Waals surface area contributed by atoms with E-state index >= 15 is 0 Å². The maximum absolute atomic E-state index is 12.9. The molecule has 0 heterocycles. The minimum Gasteiger partial charge on any atom is -0.166 e. The van der Waals surface area contributed by atoms with Crippen LogP contribution in [0.3, 0.4) is 0 Å². The molecule has 0 amide bonds. The molecule has 0 bridgehead atoms. The molecule has 0 saturated heterocycles. The fourth-order valence-corrected chi connectivity index (χ4v) is 2.24. The highest BCUT2D eigenvalue weighted by molar-refractivity contribution is 5.48. The van der Waals surface area contributed by atoms with E-state index in [0.29, 0.717) is 12.1 Å². The van der Waals surface area contributed by atoms with E-state index in [9.17, 15) is 26.3 Å². The van der Waals surface area contributed by atoms with Crippen molar-refractivity contribution < 1.29 is 26.3 Å². The predicted octanol–water partition coefficient (Wildman–Crippen LogP) is 5.11. The Morgan fingerprint density at radius 3 is 1.82 bits per heavy atom. The lowest BCUT2D eigenvalue weighted by atomic mass is 9.75. The van der Waals surface area contributed by atoms with E-state index in [-0.39, 0.29) is 18.1 Å². The van der Waals surface area contributed by atoms with Gasteiger partial charge in [0.25, 0.3) is 0 Å². The summed E-state index contributed by atoms with van der Waals surface area (Å²) < 4.78 is 77.3. The van der Waals surface area contributed by atoms with E-state index in [1.807, 2.05) is 0 Å². The van der Waals surface area contributed by atoms with Gasteiger partial charge in [-0.15, -0.1) is 6.42 Å². The largest absolute Gasteiger partial charge is 0.416 e. The summed E-state index contributed by atoms with van der Waals surface area (Å²) in [6.07, 6.45) is 1.93. The van der Waals surface area contributed by atoms with Crippen LogP contribution in [0, 0.1) is 12.3 Å². The standard InChI is InChI=1S/C16H10F6/c1-2-14(6-4-3-5-7-14)11-8-12(15(17,18)19)10-13(9-11)16(20,21)22/h1,3-6,8-10H,7H2. The Labute approximate surface area is 123 Å². The normalized spacial score (nSPS) is 21.7. The molecule has 1 aliphatic rings. The number of allylic oxidation sites excluding steroid dienone is 4. The van der Waals surface area contributed by atoms with Gasteiger partial charge < -0.3 is 0 Å². The van der Waals surface area contributed by atoms with Crippen LogP contribution >= 0.6 is 0 Å². The monoisotopic (exact) mass is 316 g/mol. The van der Waals surface area contributed by atoms with Gasteiger partial charge in [-0.1, -0.05) is 30.2 Å². The Morgan fingerprint density at radius 2 is 1.45 bits per heavy atom. The first-order valence-corrected chi connectivity index (χ1v) is 6.21. The topological polar surface area (TPSA) is 0 Å². The van der Waals surface area contributed by atoms with Crippen molar-refractivity contribution in [2.45, 2.75) is 24.2 Å². The summed E-state index contributed by atoms with van der Waals surface area (Å²) in [7, 11) is 0. The number of halogens is 6. The molecule has 2 rings (SSSR count). The number of terminal acetylenes is 1. The molecular formula is C16H10F6. The molecule has 0 radical (unpaired) electrons. The molecule has 22 heavy (non-hydrogen) atoms. The van der Waals surface area contributed by atoms with E-state index in [4.69, 9.17) is 6.42 Å². The van der Waals surface area contributed by atoms with E-state index in [1.54, 1.807) is 12.2 Å². The van der Waals surface area contributed by atoms with E-state index < -0.39 is 28.9 Å². The van der Waals surface area contributed by atoms with Crippen LogP contribution in [-0.4, -0.2) is 0 Å². The molecule has 0 nitrogen and oxygen atoms in total. The van der Waals surface area contributed by atoms with Crippen molar-refractivity contribution in [3.8, 4) is 12.3 Å². The summed E-state index contributed by atoms with van der Waals surface area (Å²) in [5.74, 6) is 2.32. The molecule has 1 atom stereocenters. The van der Waals surface area contributed by atoms with Gasteiger partial charge in [-0.2, -0.15) is 26.3 Å². The lowest BCUT2D eigenvalue weighted by molar-refractivity contribution is -0.143. The number of benzene rings is 1. The lowest BCUT2D eigenvalue weighted by Crippen LogP contribution is -2.24. The van der Waals surface area contributed by atoms with E-state index in [2.05, 4.69) is 5.92 Å². The molecule has 1 aromatic carbocycles. The second kappa shape index (κ2) is 5.24. The van der Waals surface area contributed by atoms with Crippen molar-refractivity contribution in [2.75, 3.05) is 0 Å². The summed E-state index contributed by atoms with van der Waals surface area (Å²) in [4.78, 5) is 0. The van der Waals surface area contributed by atoms with Crippen LogP contribution in [0.15, 0.2) is 42.5 Å². The first kappa shape index (κ1) is 16.2. The van der Waals surface area contributed by atoms with Crippen LogP contribution < -0.4 is 0 Å². The van der Waals surface area contributed by atoms with E-state index in [0.717, 1.165) is 0 Å². The lowest BCUT2D eigenvalue weighted by Gasteiger charge is -2.27. The highest BCUT2D eigenvalue weighted by Gasteiger charge is 2.39. The van der Waals surface area contributed by atoms with Gasteiger partial charge in [-0.25, -0.2) is 0 Å². The quantitative estimate of drug-likeness (QED) is 0.499. The highest BCUT2D eigenvalue weighted by Crippen LogP contribution is 2.40. The molecule has 1 aliphatic carbocycles. The van der Waals surface area contributed by atoms with Crippen molar-refractivity contribution >= 4 is 0 Å². The van der Waals surface area contributed by atoms with Crippen molar-refractivity contribution in [3.63, 3.8) is 0 Å². The molecular weight excluding hydrogens is 306 g/mol. The average Bonchev–Trinajstić information content (AvgIpc) is 2.45. The second-order valence-corrected chi connectivity index (χ2v) is 4.90. The molecule has 0 saturated carbocycles. The van der Waals surface area contributed by atoms with Crippen molar-refractivity contribution in [2.24, 2.45) is 0 Å². The molecule has 1 unspecified atom stereocenters. The third-order valence-electron chi connectivity index (χ3n) is 3.43. The van der Waals surface area contributed by atoms with Gasteiger partial charge in [0.2, 0.25) is 0 Å². The van der Waals surface area contributed by atoms with Crippen LogP contribution in [0.4, 0.5) is 26.3 Å². The number of alkyl halides is 6. The van der Waals surface area contributed by atoms with E-state index in [1.165, 1.54) is 12.2 Å². The summed E-state index contributed by atoms with van der Waals surface area (Å²) in [5.41, 5.74) is -4.24. The Balaban J connectivity index is 2.68. The van der Waals surface area contributed by atoms with Crippen molar-refractivity contribution in [3.05, 3.63) is 59.2 Å². The van der Waals surface area contributed by atoms with Crippen LogP contribution in [0.5, 0.6) is 0 Å². The highest BCUT2D eigenvalue weighted by atomic mass is 19.4. The summed E-state index contributed by atoms with van der Waals surface area (Å²) in [5, 5.41) is 0. The Morgan fingerprint density at radius 1 is 0.909 bits per heavy atom. The van der Waals surface area contributed by atoms with Gasteiger partial charge in [0, 0.05) is 0 Å². The molecule has 0 spiro atoms. The summed E-state index contributed by atoms with van der Waals surface area (Å²) in [6, 6.07) is 1.45. The molecule has 0 N–H and O–H groups in total. The van der Waals surface area contributed by atoms with Crippen LogP contribution in [0.25, 0.3) is 0 Å². The minimum absolute atomic E-state index is 0.0934. The molecule has 0 fully saturated rings. The Hall–Kier alpha value is -2.16. The Kier molecular flexibility index (Phi) is 3.86. The zero-order valence-corrected chi connectivity index (χ0v) is 11.1. The third-order valence-corrected chi connectivity index (χ3v) is 3.43. The van der Waals surface area contributed by atoms with Crippen molar-refractivity contribution in [1.82, 2.24) is 0 Å². The summed E-state index contributed by atoms with van der Waals surface area (Å²) >= 11 is 0. The fourth-order valence-electron chi connectivity index (χ4n) is 2.24. The first-order chi connectivity index (χ1) is 10.1. The van der Waals surface area contributed by atoms with Gasteiger partial charge in [0.1, 0.15) is 0 Å². The second-order valence-electron chi connectivity index (χ2n) is 4.90.